The SMILES string of the molecule is COc1ccccc1NC(=O)C(=O)NC12CC3CC(CC(C3)C1)C2. The number of para-hydroxylation sites is 2. The van der Waals surface area contributed by atoms with Crippen molar-refractivity contribution >= 4 is 17.5 Å². The molecule has 4 aliphatic rings. The van der Waals surface area contributed by atoms with Crippen LogP contribution in [0.25, 0.3) is 0 Å². The Balaban J connectivity index is 1.43. The van der Waals surface area contributed by atoms with Crippen molar-refractivity contribution < 1.29 is 14.3 Å². The van der Waals surface area contributed by atoms with E-state index in [2.05, 4.69) is 10.6 Å². The molecule has 0 unspecified atom stereocenters. The van der Waals surface area contributed by atoms with Gasteiger partial charge in [-0.15, -0.1) is 0 Å². The highest BCUT2D eigenvalue weighted by molar-refractivity contribution is 6.40. The largest absolute Gasteiger partial charge is 0.495 e. The third kappa shape index (κ3) is 2.76. The minimum Gasteiger partial charge on any atom is -0.495 e. The van der Waals surface area contributed by atoms with E-state index in [1.165, 1.54) is 19.3 Å². The number of rotatable bonds is 3. The number of hydrogen-bond acceptors (Lipinski definition) is 3. The fraction of sp³-hybridized carbons (Fsp3) is 0.579. The van der Waals surface area contributed by atoms with Gasteiger partial charge in [-0.2, -0.15) is 0 Å². The number of ether oxygens (including phenoxy) is 1. The second-order valence-corrected chi connectivity index (χ2v) is 7.81. The third-order valence-electron chi connectivity index (χ3n) is 5.98. The fourth-order valence-corrected chi connectivity index (χ4v) is 5.49. The standard InChI is InChI=1S/C19H24N2O3/c1-24-16-5-3-2-4-15(16)20-17(22)18(23)21-19-9-12-6-13(10-19)8-14(7-12)11-19/h2-5,12-14H,6-11H2,1H3,(H,20,22)(H,21,23). The molecule has 0 radical (unpaired) electrons. The van der Waals surface area contributed by atoms with E-state index in [4.69, 9.17) is 4.74 Å². The minimum atomic E-state index is -0.616. The van der Waals surface area contributed by atoms with Gasteiger partial charge >= 0.3 is 11.8 Å². The number of benzene rings is 1. The van der Waals surface area contributed by atoms with Gasteiger partial charge in [0.05, 0.1) is 12.8 Å². The maximum Gasteiger partial charge on any atom is 0.313 e. The molecule has 5 rings (SSSR count). The summed E-state index contributed by atoms with van der Waals surface area (Å²) in [6.45, 7) is 0. The highest BCUT2D eigenvalue weighted by atomic mass is 16.5. The van der Waals surface area contributed by atoms with Gasteiger partial charge in [0.1, 0.15) is 5.75 Å². The van der Waals surface area contributed by atoms with Crippen molar-refractivity contribution in [3.8, 4) is 5.75 Å². The van der Waals surface area contributed by atoms with E-state index in [1.54, 1.807) is 25.3 Å². The average molecular weight is 328 g/mol. The Morgan fingerprint density at radius 3 is 2.17 bits per heavy atom. The second kappa shape index (κ2) is 5.80. The molecule has 0 atom stereocenters. The van der Waals surface area contributed by atoms with Crippen molar-refractivity contribution in [1.82, 2.24) is 5.32 Å². The van der Waals surface area contributed by atoms with Crippen LogP contribution in [0.15, 0.2) is 24.3 Å². The molecule has 0 heterocycles. The smallest absolute Gasteiger partial charge is 0.313 e. The molecule has 128 valence electrons. The predicted molar refractivity (Wildman–Crippen MR) is 90.7 cm³/mol. The summed E-state index contributed by atoms with van der Waals surface area (Å²) in [6, 6.07) is 7.11. The zero-order valence-corrected chi connectivity index (χ0v) is 14.0. The van der Waals surface area contributed by atoms with E-state index in [-0.39, 0.29) is 5.54 Å². The number of hydrogen-bond donors (Lipinski definition) is 2. The molecular weight excluding hydrogens is 304 g/mol. The van der Waals surface area contributed by atoms with E-state index in [0.29, 0.717) is 11.4 Å². The maximum atomic E-state index is 12.5. The Morgan fingerprint density at radius 2 is 1.58 bits per heavy atom. The first kappa shape index (κ1) is 15.5. The van der Waals surface area contributed by atoms with Crippen LogP contribution in [-0.2, 0) is 9.59 Å². The highest BCUT2D eigenvalue weighted by Crippen LogP contribution is 2.55. The number of carbonyl (C=O) groups excluding carboxylic acids is 2. The van der Waals surface area contributed by atoms with Crippen LogP contribution in [0.4, 0.5) is 5.69 Å². The quantitative estimate of drug-likeness (QED) is 0.838. The summed E-state index contributed by atoms with van der Waals surface area (Å²) in [5.41, 5.74) is 0.370. The third-order valence-corrected chi connectivity index (χ3v) is 5.98. The molecule has 24 heavy (non-hydrogen) atoms. The normalized spacial score (nSPS) is 33.1. The zero-order chi connectivity index (χ0) is 16.7. The van der Waals surface area contributed by atoms with Crippen molar-refractivity contribution in [1.29, 1.82) is 0 Å². The average Bonchev–Trinajstić information content (AvgIpc) is 2.53. The van der Waals surface area contributed by atoms with Crippen molar-refractivity contribution in [3.63, 3.8) is 0 Å². The summed E-state index contributed by atoms with van der Waals surface area (Å²) in [7, 11) is 1.54. The first-order chi connectivity index (χ1) is 11.6. The van der Waals surface area contributed by atoms with Crippen LogP contribution < -0.4 is 15.4 Å². The Labute approximate surface area is 142 Å². The Bertz CT molecular complexity index is 635. The molecule has 4 saturated carbocycles. The Morgan fingerprint density at radius 1 is 1.00 bits per heavy atom. The van der Waals surface area contributed by atoms with E-state index >= 15 is 0 Å². The van der Waals surface area contributed by atoms with Crippen LogP contribution in [0.3, 0.4) is 0 Å². The van der Waals surface area contributed by atoms with Crippen LogP contribution in [0.1, 0.15) is 38.5 Å². The molecule has 0 aromatic heterocycles. The minimum absolute atomic E-state index is 0.149. The van der Waals surface area contributed by atoms with Crippen molar-refractivity contribution in [2.24, 2.45) is 17.8 Å². The number of methoxy groups -OCH3 is 1. The van der Waals surface area contributed by atoms with Gasteiger partial charge in [-0.05, 0) is 68.4 Å². The fourth-order valence-electron chi connectivity index (χ4n) is 5.49. The molecule has 2 amide bonds. The summed E-state index contributed by atoms with van der Waals surface area (Å²) in [5.74, 6) is 1.60. The van der Waals surface area contributed by atoms with Crippen LogP contribution in [0, 0.1) is 17.8 Å². The molecule has 5 nitrogen and oxygen atoms in total. The van der Waals surface area contributed by atoms with Gasteiger partial charge < -0.3 is 15.4 Å². The molecular formula is C19H24N2O3. The number of carbonyl (C=O) groups is 2. The first-order valence-corrected chi connectivity index (χ1v) is 8.83. The first-order valence-electron chi connectivity index (χ1n) is 8.83. The monoisotopic (exact) mass is 328 g/mol. The predicted octanol–water partition coefficient (Wildman–Crippen LogP) is 2.72. The van der Waals surface area contributed by atoms with Gasteiger partial charge in [-0.3, -0.25) is 9.59 Å². The number of nitrogens with one attached hydrogen (secondary N) is 2. The topological polar surface area (TPSA) is 67.4 Å². The van der Waals surface area contributed by atoms with Gasteiger partial charge in [-0.1, -0.05) is 12.1 Å². The molecule has 4 bridgehead atoms. The Hall–Kier alpha value is -2.04. The van der Waals surface area contributed by atoms with Gasteiger partial charge in [0, 0.05) is 5.54 Å². The molecule has 2 N–H and O–H groups in total. The lowest BCUT2D eigenvalue weighted by molar-refractivity contribution is -0.139. The lowest BCUT2D eigenvalue weighted by Gasteiger charge is -2.56. The van der Waals surface area contributed by atoms with Gasteiger partial charge in [-0.25, -0.2) is 0 Å². The molecule has 5 heteroatoms. The van der Waals surface area contributed by atoms with Gasteiger partial charge in [0.2, 0.25) is 0 Å². The van der Waals surface area contributed by atoms with Gasteiger partial charge in [0.15, 0.2) is 0 Å². The summed E-state index contributed by atoms with van der Waals surface area (Å²) >= 11 is 0. The van der Waals surface area contributed by atoms with Crippen LogP contribution in [-0.4, -0.2) is 24.5 Å². The second-order valence-electron chi connectivity index (χ2n) is 7.81. The van der Waals surface area contributed by atoms with E-state index in [1.807, 2.05) is 6.07 Å². The number of amides is 2. The van der Waals surface area contributed by atoms with Crippen molar-refractivity contribution in [3.05, 3.63) is 24.3 Å². The lowest BCUT2D eigenvalue weighted by Crippen LogP contribution is -2.61. The molecule has 4 aliphatic carbocycles. The molecule has 0 saturated heterocycles. The maximum absolute atomic E-state index is 12.5. The Kier molecular flexibility index (Phi) is 3.74. The molecule has 0 aliphatic heterocycles. The number of anilines is 1. The van der Waals surface area contributed by atoms with Crippen LogP contribution in [0.2, 0.25) is 0 Å². The van der Waals surface area contributed by atoms with E-state index in [9.17, 15) is 9.59 Å². The summed E-state index contributed by atoms with van der Waals surface area (Å²) in [6.07, 6.45) is 7.03. The zero-order valence-electron chi connectivity index (χ0n) is 14.0. The van der Waals surface area contributed by atoms with E-state index in [0.717, 1.165) is 37.0 Å². The molecule has 4 fully saturated rings. The summed E-state index contributed by atoms with van der Waals surface area (Å²) in [4.78, 5) is 24.8. The van der Waals surface area contributed by atoms with Crippen molar-refractivity contribution in [2.45, 2.75) is 44.1 Å². The highest BCUT2D eigenvalue weighted by Gasteiger charge is 2.51. The van der Waals surface area contributed by atoms with Crippen LogP contribution >= 0.6 is 0 Å². The van der Waals surface area contributed by atoms with Crippen LogP contribution in [0.5, 0.6) is 5.75 Å². The van der Waals surface area contributed by atoms with Crippen molar-refractivity contribution in [2.75, 3.05) is 12.4 Å². The van der Waals surface area contributed by atoms with E-state index < -0.39 is 11.8 Å². The molecule has 1 aromatic carbocycles. The lowest BCUT2D eigenvalue weighted by atomic mass is 9.53. The molecule has 0 spiro atoms. The summed E-state index contributed by atoms with van der Waals surface area (Å²) in [5, 5.41) is 5.76. The molecule has 1 aromatic rings. The summed E-state index contributed by atoms with van der Waals surface area (Å²) < 4.78 is 5.21. The van der Waals surface area contributed by atoms with Gasteiger partial charge in [0.25, 0.3) is 0 Å².